The second kappa shape index (κ2) is 6.70. The molecule has 0 saturated carbocycles. The summed E-state index contributed by atoms with van der Waals surface area (Å²) in [6.07, 6.45) is 1.62. The summed E-state index contributed by atoms with van der Waals surface area (Å²) in [5, 5.41) is 13.1. The van der Waals surface area contributed by atoms with Crippen molar-refractivity contribution in [1.82, 2.24) is 10.3 Å². The largest absolute Gasteiger partial charge is 0.393 e. The summed E-state index contributed by atoms with van der Waals surface area (Å²) in [7, 11) is -1.28. The molecule has 0 aromatic heterocycles. The van der Waals surface area contributed by atoms with E-state index in [2.05, 4.69) is 64.6 Å². The van der Waals surface area contributed by atoms with Crippen molar-refractivity contribution in [2.24, 2.45) is 0 Å². The molecule has 0 fully saturated rings. The van der Waals surface area contributed by atoms with Crippen LogP contribution in [-0.4, -0.2) is 36.6 Å². The zero-order valence-corrected chi connectivity index (χ0v) is 15.5. The molecule has 4 heteroatoms. The standard InChI is InChI=1S/C15H36N2OSi/c1-12(10-13(2)18)16-14(3,4)11-15(5,6)17-19(7,8)9/h12-13,16-18H,10-11H2,1-9H3. The van der Waals surface area contributed by atoms with Crippen molar-refractivity contribution >= 4 is 8.24 Å². The Morgan fingerprint density at radius 3 is 1.84 bits per heavy atom. The maximum absolute atomic E-state index is 9.46. The molecule has 2 unspecified atom stereocenters. The van der Waals surface area contributed by atoms with Crippen LogP contribution in [0.4, 0.5) is 0 Å². The lowest BCUT2D eigenvalue weighted by molar-refractivity contribution is 0.156. The quantitative estimate of drug-likeness (QED) is 0.601. The first kappa shape index (κ1) is 19.1. The van der Waals surface area contributed by atoms with Crippen LogP contribution in [0.25, 0.3) is 0 Å². The van der Waals surface area contributed by atoms with Crippen LogP contribution in [0, 0.1) is 0 Å². The molecule has 0 aromatic carbocycles. The minimum absolute atomic E-state index is 0.0600. The molecule has 0 radical (unpaired) electrons. The Morgan fingerprint density at radius 1 is 1.00 bits per heavy atom. The van der Waals surface area contributed by atoms with E-state index in [0.717, 1.165) is 12.8 Å². The third-order valence-electron chi connectivity index (χ3n) is 2.93. The van der Waals surface area contributed by atoms with Gasteiger partial charge < -0.3 is 15.4 Å². The predicted molar refractivity (Wildman–Crippen MR) is 88.2 cm³/mol. The van der Waals surface area contributed by atoms with E-state index in [1.165, 1.54) is 0 Å². The number of hydrogen-bond acceptors (Lipinski definition) is 3. The molecule has 2 atom stereocenters. The smallest absolute Gasteiger partial charge is 0.116 e. The maximum atomic E-state index is 9.46. The molecule has 0 saturated heterocycles. The molecule has 0 aliphatic carbocycles. The number of rotatable bonds is 8. The lowest BCUT2D eigenvalue weighted by Crippen LogP contribution is -2.59. The van der Waals surface area contributed by atoms with E-state index >= 15 is 0 Å². The molecule has 19 heavy (non-hydrogen) atoms. The fourth-order valence-electron chi connectivity index (χ4n) is 3.45. The first-order chi connectivity index (χ1) is 8.22. The Morgan fingerprint density at radius 2 is 1.47 bits per heavy atom. The van der Waals surface area contributed by atoms with Crippen molar-refractivity contribution in [3.8, 4) is 0 Å². The molecule has 0 aliphatic rings. The van der Waals surface area contributed by atoms with Gasteiger partial charge in [0.25, 0.3) is 0 Å². The normalized spacial score (nSPS) is 17.4. The molecule has 0 spiro atoms. The summed E-state index contributed by atoms with van der Waals surface area (Å²) in [6, 6.07) is 0.331. The highest BCUT2D eigenvalue weighted by molar-refractivity contribution is 6.73. The van der Waals surface area contributed by atoms with E-state index < -0.39 is 8.24 Å². The lowest BCUT2D eigenvalue weighted by atomic mass is 9.87. The van der Waals surface area contributed by atoms with E-state index in [4.69, 9.17) is 0 Å². The summed E-state index contributed by atoms with van der Waals surface area (Å²) < 4.78 is 0. The molecule has 0 heterocycles. The van der Waals surface area contributed by atoms with Gasteiger partial charge in [0.1, 0.15) is 8.24 Å². The Bertz CT molecular complexity index is 270. The Labute approximate surface area is 121 Å². The highest BCUT2D eigenvalue weighted by Crippen LogP contribution is 2.22. The fourth-order valence-corrected chi connectivity index (χ4v) is 5.57. The molecule has 0 amide bonds. The lowest BCUT2D eigenvalue weighted by Gasteiger charge is -2.41. The molecule has 3 N–H and O–H groups in total. The van der Waals surface area contributed by atoms with Crippen LogP contribution in [0.5, 0.6) is 0 Å². The fraction of sp³-hybridized carbons (Fsp3) is 1.00. The van der Waals surface area contributed by atoms with Crippen LogP contribution in [0.15, 0.2) is 0 Å². The summed E-state index contributed by atoms with van der Waals surface area (Å²) in [4.78, 5) is 3.82. The van der Waals surface area contributed by atoms with Gasteiger partial charge in [-0.1, -0.05) is 19.6 Å². The van der Waals surface area contributed by atoms with E-state index in [0.29, 0.717) is 6.04 Å². The van der Waals surface area contributed by atoms with E-state index in [-0.39, 0.29) is 17.2 Å². The summed E-state index contributed by atoms with van der Waals surface area (Å²) >= 11 is 0. The van der Waals surface area contributed by atoms with Gasteiger partial charge in [0.2, 0.25) is 0 Å². The van der Waals surface area contributed by atoms with Crippen molar-refractivity contribution in [2.45, 2.75) is 97.2 Å². The van der Waals surface area contributed by atoms with Crippen molar-refractivity contribution in [3.05, 3.63) is 0 Å². The van der Waals surface area contributed by atoms with Crippen molar-refractivity contribution in [1.29, 1.82) is 0 Å². The first-order valence-electron chi connectivity index (χ1n) is 7.48. The second-order valence-electron chi connectivity index (χ2n) is 8.45. The van der Waals surface area contributed by atoms with E-state index in [1.54, 1.807) is 0 Å². The topological polar surface area (TPSA) is 44.3 Å². The molecule has 3 nitrogen and oxygen atoms in total. The molecule has 0 bridgehead atoms. The van der Waals surface area contributed by atoms with E-state index in [9.17, 15) is 5.11 Å². The average Bonchev–Trinajstić information content (AvgIpc) is 1.89. The van der Waals surface area contributed by atoms with Crippen LogP contribution in [-0.2, 0) is 0 Å². The number of aliphatic hydroxyl groups is 1. The highest BCUT2D eigenvalue weighted by atomic mass is 28.3. The molecular weight excluding hydrogens is 252 g/mol. The minimum atomic E-state index is -1.28. The van der Waals surface area contributed by atoms with Crippen molar-refractivity contribution in [3.63, 3.8) is 0 Å². The van der Waals surface area contributed by atoms with Gasteiger partial charge in [0.15, 0.2) is 0 Å². The number of nitrogens with one attached hydrogen (secondary N) is 2. The van der Waals surface area contributed by atoms with Gasteiger partial charge in [-0.2, -0.15) is 0 Å². The summed E-state index contributed by atoms with van der Waals surface area (Å²) in [5.74, 6) is 0. The van der Waals surface area contributed by atoms with Gasteiger partial charge in [-0.15, -0.1) is 0 Å². The molecule has 116 valence electrons. The SMILES string of the molecule is CC(O)CC(C)NC(C)(C)CC(C)(C)N[Si](C)(C)C. The van der Waals surface area contributed by atoms with E-state index in [1.807, 2.05) is 6.92 Å². The third kappa shape index (κ3) is 10.5. The second-order valence-corrected chi connectivity index (χ2v) is 13.2. The van der Waals surface area contributed by atoms with Gasteiger partial charge >= 0.3 is 0 Å². The van der Waals surface area contributed by atoms with Crippen LogP contribution in [0.2, 0.25) is 19.6 Å². The Kier molecular flexibility index (Phi) is 6.73. The monoisotopic (exact) mass is 288 g/mol. The van der Waals surface area contributed by atoms with Crippen molar-refractivity contribution in [2.75, 3.05) is 0 Å². The minimum Gasteiger partial charge on any atom is -0.393 e. The third-order valence-corrected chi connectivity index (χ3v) is 4.36. The number of aliphatic hydroxyl groups excluding tert-OH is 1. The predicted octanol–water partition coefficient (Wildman–Crippen LogP) is 3.11. The van der Waals surface area contributed by atoms with Crippen LogP contribution < -0.4 is 10.3 Å². The maximum Gasteiger partial charge on any atom is 0.116 e. The van der Waals surface area contributed by atoms with Gasteiger partial charge in [-0.25, -0.2) is 0 Å². The number of hydrogen-bond donors (Lipinski definition) is 3. The zero-order chi connectivity index (χ0) is 15.5. The average molecular weight is 289 g/mol. The zero-order valence-electron chi connectivity index (χ0n) is 14.5. The molecular formula is C15H36N2OSi. The first-order valence-corrected chi connectivity index (χ1v) is 11.0. The van der Waals surface area contributed by atoms with Crippen LogP contribution >= 0.6 is 0 Å². The van der Waals surface area contributed by atoms with Gasteiger partial charge in [0, 0.05) is 17.1 Å². The van der Waals surface area contributed by atoms with Crippen LogP contribution in [0.3, 0.4) is 0 Å². The molecule has 0 aliphatic heterocycles. The summed E-state index contributed by atoms with van der Waals surface area (Å²) in [5.41, 5.74) is 0.190. The molecule has 0 rings (SSSR count). The van der Waals surface area contributed by atoms with Gasteiger partial charge in [-0.05, 0) is 54.4 Å². The highest BCUT2D eigenvalue weighted by Gasteiger charge is 2.32. The summed E-state index contributed by atoms with van der Waals surface area (Å²) in [6.45, 7) is 20.1. The Hall–Kier alpha value is 0.0969. The van der Waals surface area contributed by atoms with Crippen LogP contribution in [0.1, 0.15) is 54.4 Å². The van der Waals surface area contributed by atoms with Gasteiger partial charge in [0.05, 0.1) is 6.10 Å². The molecule has 0 aromatic rings. The van der Waals surface area contributed by atoms with Crippen molar-refractivity contribution < 1.29 is 5.11 Å². The Balaban J connectivity index is 4.49. The van der Waals surface area contributed by atoms with Gasteiger partial charge in [-0.3, -0.25) is 0 Å².